The number of likely N-dealkylation sites (tertiary alicyclic amines) is 1. The minimum absolute atomic E-state index is 0.00764. The van der Waals surface area contributed by atoms with Gasteiger partial charge >= 0.3 is 0 Å². The molecule has 1 saturated heterocycles. The van der Waals surface area contributed by atoms with Crippen LogP contribution in [0.1, 0.15) is 55.8 Å². The molecule has 1 saturated carbocycles. The summed E-state index contributed by atoms with van der Waals surface area (Å²) in [6.07, 6.45) is 5.83. The van der Waals surface area contributed by atoms with Crippen LogP contribution in [0.2, 0.25) is 0 Å². The molecule has 2 atom stereocenters. The van der Waals surface area contributed by atoms with E-state index in [2.05, 4.69) is 4.72 Å². The van der Waals surface area contributed by atoms with Crippen LogP contribution in [0.25, 0.3) is 0 Å². The van der Waals surface area contributed by atoms with E-state index >= 15 is 0 Å². The minimum atomic E-state index is -3.60. The first-order valence-corrected chi connectivity index (χ1v) is 11.0. The van der Waals surface area contributed by atoms with Gasteiger partial charge in [0.15, 0.2) is 0 Å². The number of piperidine rings is 1. The van der Waals surface area contributed by atoms with Gasteiger partial charge in [-0.05, 0) is 56.7 Å². The summed E-state index contributed by atoms with van der Waals surface area (Å²) in [5, 5.41) is 0. The lowest BCUT2D eigenvalue weighted by Gasteiger charge is -2.34. The Kier molecular flexibility index (Phi) is 5.99. The molecule has 1 amide bonds. The third-order valence-electron chi connectivity index (χ3n) is 5.56. The van der Waals surface area contributed by atoms with Gasteiger partial charge in [-0.2, -0.15) is 0 Å². The largest absolute Gasteiger partial charge is 0.338 e. The highest BCUT2D eigenvalue weighted by Gasteiger charge is 2.28. The summed E-state index contributed by atoms with van der Waals surface area (Å²) in [5.74, 6) is 0.178. The van der Waals surface area contributed by atoms with E-state index in [1.807, 2.05) is 6.92 Å². The van der Waals surface area contributed by atoms with Gasteiger partial charge in [0.05, 0.1) is 4.90 Å². The lowest BCUT2D eigenvalue weighted by Crippen LogP contribution is -2.45. The van der Waals surface area contributed by atoms with E-state index in [4.69, 9.17) is 5.73 Å². The lowest BCUT2D eigenvalue weighted by molar-refractivity contribution is 0.0660. The monoisotopic (exact) mass is 379 g/mol. The van der Waals surface area contributed by atoms with Crippen LogP contribution in [0.5, 0.6) is 0 Å². The van der Waals surface area contributed by atoms with E-state index in [0.717, 1.165) is 38.5 Å². The molecule has 0 spiro atoms. The molecule has 144 valence electrons. The highest BCUT2D eigenvalue weighted by atomic mass is 32.2. The first kappa shape index (κ1) is 19.3. The number of carbonyl (C=O) groups excluding carboxylic acids is 1. The normalized spacial score (nSPS) is 23.2. The van der Waals surface area contributed by atoms with Crippen molar-refractivity contribution in [1.82, 2.24) is 9.62 Å². The second-order valence-corrected chi connectivity index (χ2v) is 9.36. The average molecular weight is 380 g/mol. The summed E-state index contributed by atoms with van der Waals surface area (Å²) >= 11 is 0. The number of sulfonamides is 1. The summed E-state index contributed by atoms with van der Waals surface area (Å²) in [6.45, 7) is 3.30. The molecule has 1 aromatic rings. The predicted octanol–water partition coefficient (Wildman–Crippen LogP) is 2.11. The zero-order chi connectivity index (χ0) is 18.7. The van der Waals surface area contributed by atoms with E-state index < -0.39 is 10.0 Å². The van der Waals surface area contributed by atoms with Gasteiger partial charge < -0.3 is 10.6 Å². The van der Waals surface area contributed by atoms with Crippen LogP contribution < -0.4 is 10.5 Å². The molecule has 7 heteroatoms. The molecule has 3 N–H and O–H groups in total. The molecule has 2 aliphatic rings. The van der Waals surface area contributed by atoms with Crippen molar-refractivity contribution in [3.63, 3.8) is 0 Å². The van der Waals surface area contributed by atoms with E-state index in [1.165, 1.54) is 6.07 Å². The second-order valence-electron chi connectivity index (χ2n) is 7.64. The average Bonchev–Trinajstić information content (AvgIpc) is 3.13. The number of nitrogens with two attached hydrogens (primary N) is 1. The Morgan fingerprint density at radius 1 is 1.23 bits per heavy atom. The SMILES string of the molecule is CC(N)C1CCCN(C(=O)c2cccc(S(=O)(=O)NC3CCCC3)c2)C1. The van der Waals surface area contributed by atoms with Crippen molar-refractivity contribution >= 4 is 15.9 Å². The van der Waals surface area contributed by atoms with Gasteiger partial charge in [-0.1, -0.05) is 18.9 Å². The molecule has 3 rings (SSSR count). The number of nitrogens with zero attached hydrogens (tertiary/aromatic N) is 1. The van der Waals surface area contributed by atoms with Gasteiger partial charge in [-0.3, -0.25) is 4.79 Å². The second kappa shape index (κ2) is 8.06. The van der Waals surface area contributed by atoms with Gasteiger partial charge in [-0.25, -0.2) is 13.1 Å². The van der Waals surface area contributed by atoms with Crippen LogP contribution in [-0.2, 0) is 10.0 Å². The van der Waals surface area contributed by atoms with Gasteiger partial charge in [0.1, 0.15) is 0 Å². The third-order valence-corrected chi connectivity index (χ3v) is 7.08. The van der Waals surface area contributed by atoms with E-state index in [1.54, 1.807) is 23.1 Å². The standard InChI is InChI=1S/C19H29N3O3S/c1-14(20)16-7-5-11-22(13-16)19(23)15-6-4-10-18(12-15)26(24,25)21-17-8-2-3-9-17/h4,6,10,12,14,16-17,21H,2-3,5,7-9,11,13,20H2,1H3. The fourth-order valence-electron chi connectivity index (χ4n) is 3.93. The highest BCUT2D eigenvalue weighted by molar-refractivity contribution is 7.89. The van der Waals surface area contributed by atoms with Crippen molar-refractivity contribution in [2.24, 2.45) is 11.7 Å². The first-order chi connectivity index (χ1) is 12.4. The van der Waals surface area contributed by atoms with Gasteiger partial charge in [0.2, 0.25) is 10.0 Å². The maximum absolute atomic E-state index is 12.9. The Morgan fingerprint density at radius 3 is 2.65 bits per heavy atom. The molecular formula is C19H29N3O3S. The quantitative estimate of drug-likeness (QED) is 0.819. The zero-order valence-corrected chi connectivity index (χ0v) is 16.2. The van der Waals surface area contributed by atoms with Crippen molar-refractivity contribution in [1.29, 1.82) is 0 Å². The summed E-state index contributed by atoms with van der Waals surface area (Å²) in [6, 6.07) is 6.43. The Balaban J connectivity index is 1.74. The molecule has 0 bridgehead atoms. The maximum Gasteiger partial charge on any atom is 0.253 e. The molecule has 1 aliphatic carbocycles. The lowest BCUT2D eigenvalue weighted by atomic mass is 9.92. The van der Waals surface area contributed by atoms with Crippen LogP contribution >= 0.6 is 0 Å². The summed E-state index contributed by atoms with van der Waals surface area (Å²) in [5.41, 5.74) is 6.42. The van der Waals surface area contributed by atoms with Crippen molar-refractivity contribution < 1.29 is 13.2 Å². The summed E-state index contributed by atoms with van der Waals surface area (Å²) in [7, 11) is -3.60. The van der Waals surface area contributed by atoms with Gasteiger partial charge in [0.25, 0.3) is 5.91 Å². The maximum atomic E-state index is 12.9. The molecule has 0 aromatic heterocycles. The number of nitrogens with one attached hydrogen (secondary N) is 1. The third kappa shape index (κ3) is 4.45. The van der Waals surface area contributed by atoms with E-state index in [0.29, 0.717) is 24.6 Å². The number of benzene rings is 1. The fraction of sp³-hybridized carbons (Fsp3) is 0.632. The Labute approximate surface area is 156 Å². The number of hydrogen-bond donors (Lipinski definition) is 2. The Morgan fingerprint density at radius 2 is 1.96 bits per heavy atom. The molecule has 26 heavy (non-hydrogen) atoms. The van der Waals surface area contributed by atoms with E-state index in [-0.39, 0.29) is 22.9 Å². The van der Waals surface area contributed by atoms with Crippen molar-refractivity contribution in [3.8, 4) is 0 Å². The zero-order valence-electron chi connectivity index (χ0n) is 15.4. The Bertz CT molecular complexity index is 742. The number of hydrogen-bond acceptors (Lipinski definition) is 4. The fourth-order valence-corrected chi connectivity index (χ4v) is 5.28. The highest BCUT2D eigenvalue weighted by Crippen LogP contribution is 2.23. The molecule has 2 fully saturated rings. The van der Waals surface area contributed by atoms with Gasteiger partial charge in [0, 0.05) is 30.7 Å². The smallest absolute Gasteiger partial charge is 0.253 e. The molecule has 1 heterocycles. The number of rotatable bonds is 5. The number of carbonyl (C=O) groups is 1. The van der Waals surface area contributed by atoms with Crippen LogP contribution in [-0.4, -0.2) is 44.4 Å². The van der Waals surface area contributed by atoms with Crippen LogP contribution in [0.3, 0.4) is 0 Å². The van der Waals surface area contributed by atoms with E-state index in [9.17, 15) is 13.2 Å². The molecule has 0 radical (unpaired) electrons. The van der Waals surface area contributed by atoms with Crippen molar-refractivity contribution in [3.05, 3.63) is 29.8 Å². The molecule has 1 aliphatic heterocycles. The van der Waals surface area contributed by atoms with Crippen LogP contribution in [0.15, 0.2) is 29.2 Å². The number of amides is 1. The Hall–Kier alpha value is -1.44. The van der Waals surface area contributed by atoms with Crippen LogP contribution in [0, 0.1) is 5.92 Å². The summed E-state index contributed by atoms with van der Waals surface area (Å²) < 4.78 is 28.0. The summed E-state index contributed by atoms with van der Waals surface area (Å²) in [4.78, 5) is 14.8. The van der Waals surface area contributed by atoms with Gasteiger partial charge in [-0.15, -0.1) is 0 Å². The topological polar surface area (TPSA) is 92.5 Å². The van der Waals surface area contributed by atoms with Crippen molar-refractivity contribution in [2.45, 2.75) is 62.4 Å². The molecule has 6 nitrogen and oxygen atoms in total. The predicted molar refractivity (Wildman–Crippen MR) is 101 cm³/mol. The molecule has 2 unspecified atom stereocenters. The molecular weight excluding hydrogens is 350 g/mol. The molecule has 1 aromatic carbocycles. The first-order valence-electron chi connectivity index (χ1n) is 9.54. The minimum Gasteiger partial charge on any atom is -0.338 e. The van der Waals surface area contributed by atoms with Crippen molar-refractivity contribution in [2.75, 3.05) is 13.1 Å². The van der Waals surface area contributed by atoms with Crippen LogP contribution in [0.4, 0.5) is 0 Å².